The number of pyridine rings is 1. The number of amides is 1. The van der Waals surface area contributed by atoms with Crippen molar-refractivity contribution in [2.45, 2.75) is 25.9 Å². The second-order valence-electron chi connectivity index (χ2n) is 6.32. The fourth-order valence-corrected chi connectivity index (χ4v) is 3.05. The largest absolute Gasteiger partial charge is 0.380 e. The van der Waals surface area contributed by atoms with Gasteiger partial charge in [0.05, 0.1) is 11.8 Å². The van der Waals surface area contributed by atoms with Crippen molar-refractivity contribution in [3.05, 3.63) is 53.7 Å². The zero-order valence-corrected chi connectivity index (χ0v) is 14.6. The lowest BCUT2D eigenvalue weighted by Crippen LogP contribution is -2.42. The average molecular weight is 338 g/mol. The number of nitrogens with zero attached hydrogens (tertiary/aromatic N) is 2. The zero-order chi connectivity index (χ0) is 17.8. The molecule has 1 saturated heterocycles. The minimum absolute atomic E-state index is 0.00381. The van der Waals surface area contributed by atoms with Gasteiger partial charge in [-0.1, -0.05) is 12.1 Å². The van der Waals surface area contributed by atoms with E-state index in [1.54, 1.807) is 19.4 Å². The molecule has 2 aromatic rings. The minimum Gasteiger partial charge on any atom is -0.380 e. The van der Waals surface area contributed by atoms with Crippen LogP contribution in [0.2, 0.25) is 0 Å². The van der Waals surface area contributed by atoms with Crippen LogP contribution in [0.4, 0.5) is 0 Å². The van der Waals surface area contributed by atoms with Gasteiger partial charge in [0.15, 0.2) is 5.78 Å². The Bertz CT molecular complexity index is 754. The summed E-state index contributed by atoms with van der Waals surface area (Å²) in [6.07, 6.45) is 3.67. The number of carbonyl (C=O) groups excluding carboxylic acids is 2. The number of Topliss-reactive ketones (excluding diaryl/α,β-unsaturated/α-hetero) is 1. The van der Waals surface area contributed by atoms with Crippen molar-refractivity contribution < 1.29 is 14.3 Å². The lowest BCUT2D eigenvalue weighted by atomic mass is 10.0. The molecular formula is C20H22N2O3. The molecule has 0 saturated carbocycles. The van der Waals surface area contributed by atoms with Crippen molar-refractivity contribution in [2.24, 2.45) is 0 Å². The Kier molecular flexibility index (Phi) is 5.24. The van der Waals surface area contributed by atoms with Crippen LogP contribution in [0.3, 0.4) is 0 Å². The number of ether oxygens (including phenoxy) is 1. The van der Waals surface area contributed by atoms with Crippen LogP contribution in [0.15, 0.2) is 42.6 Å². The number of carbonyl (C=O) groups is 2. The van der Waals surface area contributed by atoms with E-state index in [9.17, 15) is 9.59 Å². The van der Waals surface area contributed by atoms with E-state index >= 15 is 0 Å². The Morgan fingerprint density at radius 2 is 1.84 bits per heavy atom. The first-order chi connectivity index (χ1) is 12.1. The number of benzene rings is 1. The predicted octanol–water partition coefficient (Wildman–Crippen LogP) is 3.20. The summed E-state index contributed by atoms with van der Waals surface area (Å²) in [5, 5.41) is 0. The molecule has 5 nitrogen and oxygen atoms in total. The smallest absolute Gasteiger partial charge is 0.253 e. The monoisotopic (exact) mass is 338 g/mol. The Labute approximate surface area is 147 Å². The van der Waals surface area contributed by atoms with Crippen molar-refractivity contribution in [3.63, 3.8) is 0 Å². The third kappa shape index (κ3) is 3.94. The highest BCUT2D eigenvalue weighted by Gasteiger charge is 2.24. The highest BCUT2D eigenvalue weighted by atomic mass is 16.5. The lowest BCUT2D eigenvalue weighted by molar-refractivity contribution is 0.0269. The molecule has 5 heteroatoms. The molecule has 0 spiro atoms. The average Bonchev–Trinajstić information content (AvgIpc) is 2.67. The van der Waals surface area contributed by atoms with Crippen molar-refractivity contribution >= 4 is 11.7 Å². The first-order valence-corrected chi connectivity index (χ1v) is 8.48. The Morgan fingerprint density at radius 3 is 2.44 bits per heavy atom. The molecule has 1 amide bonds. The number of piperidine rings is 1. The van der Waals surface area contributed by atoms with Crippen LogP contribution in [0.5, 0.6) is 0 Å². The first-order valence-electron chi connectivity index (χ1n) is 8.48. The number of rotatable bonds is 4. The van der Waals surface area contributed by atoms with Crippen molar-refractivity contribution in [1.29, 1.82) is 0 Å². The van der Waals surface area contributed by atoms with E-state index < -0.39 is 0 Å². The standard InChI is InChI=1S/C20H22N2O3/c1-14(23)17-9-10-19(21-12-17)15-5-7-16(8-6-15)20(24)22-11-3-4-18(13-22)25-2/h5-10,12,18H,3-4,11,13H2,1-2H3. The summed E-state index contributed by atoms with van der Waals surface area (Å²) in [7, 11) is 1.69. The summed E-state index contributed by atoms with van der Waals surface area (Å²) in [5.74, 6) is 0.0316. The molecule has 1 aromatic carbocycles. The van der Waals surface area contributed by atoms with Gasteiger partial charge in [-0.15, -0.1) is 0 Å². The van der Waals surface area contributed by atoms with Gasteiger partial charge in [0, 0.05) is 43.1 Å². The lowest BCUT2D eigenvalue weighted by Gasteiger charge is -2.32. The molecule has 0 aliphatic carbocycles. The Balaban J connectivity index is 1.73. The van der Waals surface area contributed by atoms with Crippen molar-refractivity contribution in [1.82, 2.24) is 9.88 Å². The zero-order valence-electron chi connectivity index (χ0n) is 14.6. The van der Waals surface area contributed by atoms with Crippen LogP contribution >= 0.6 is 0 Å². The number of hydrogen-bond acceptors (Lipinski definition) is 4. The van der Waals surface area contributed by atoms with Gasteiger partial charge < -0.3 is 9.64 Å². The molecule has 1 fully saturated rings. The maximum Gasteiger partial charge on any atom is 0.253 e. The van der Waals surface area contributed by atoms with E-state index in [-0.39, 0.29) is 17.8 Å². The van der Waals surface area contributed by atoms with Gasteiger partial charge in [-0.05, 0) is 44.0 Å². The number of ketones is 1. The van der Waals surface area contributed by atoms with E-state index in [2.05, 4.69) is 4.98 Å². The third-order valence-corrected chi connectivity index (χ3v) is 4.60. The van der Waals surface area contributed by atoms with E-state index in [0.29, 0.717) is 17.7 Å². The number of likely N-dealkylation sites (tertiary alicyclic amines) is 1. The van der Waals surface area contributed by atoms with E-state index in [0.717, 1.165) is 30.6 Å². The van der Waals surface area contributed by atoms with Gasteiger partial charge in [-0.2, -0.15) is 0 Å². The molecule has 1 aliphatic heterocycles. The predicted molar refractivity (Wildman–Crippen MR) is 95.6 cm³/mol. The molecule has 0 radical (unpaired) electrons. The van der Waals surface area contributed by atoms with E-state index in [1.165, 1.54) is 6.92 Å². The molecule has 2 heterocycles. The molecule has 130 valence electrons. The van der Waals surface area contributed by atoms with E-state index in [1.807, 2.05) is 35.2 Å². The molecule has 1 unspecified atom stereocenters. The fourth-order valence-electron chi connectivity index (χ4n) is 3.05. The number of hydrogen-bond donors (Lipinski definition) is 0. The Morgan fingerprint density at radius 1 is 1.12 bits per heavy atom. The van der Waals surface area contributed by atoms with Crippen LogP contribution in [-0.2, 0) is 4.74 Å². The van der Waals surface area contributed by atoms with Crippen LogP contribution in [0.25, 0.3) is 11.3 Å². The second kappa shape index (κ2) is 7.57. The van der Waals surface area contributed by atoms with Gasteiger partial charge in [-0.3, -0.25) is 14.6 Å². The minimum atomic E-state index is -0.00381. The van der Waals surface area contributed by atoms with Gasteiger partial charge in [0.2, 0.25) is 0 Å². The van der Waals surface area contributed by atoms with Gasteiger partial charge in [-0.25, -0.2) is 0 Å². The molecular weight excluding hydrogens is 316 g/mol. The SMILES string of the molecule is COC1CCCN(C(=O)c2ccc(-c3ccc(C(C)=O)cn3)cc2)C1. The summed E-state index contributed by atoms with van der Waals surface area (Å²) in [4.78, 5) is 30.1. The van der Waals surface area contributed by atoms with Crippen LogP contribution in [-0.4, -0.2) is 47.9 Å². The van der Waals surface area contributed by atoms with Gasteiger partial charge in [0.25, 0.3) is 5.91 Å². The topological polar surface area (TPSA) is 59.5 Å². The van der Waals surface area contributed by atoms with Crippen LogP contribution < -0.4 is 0 Å². The first kappa shape index (κ1) is 17.3. The summed E-state index contributed by atoms with van der Waals surface area (Å²) >= 11 is 0. The normalized spacial score (nSPS) is 17.4. The molecule has 25 heavy (non-hydrogen) atoms. The molecule has 1 aromatic heterocycles. The highest BCUT2D eigenvalue weighted by Crippen LogP contribution is 2.20. The molecule has 0 bridgehead atoms. The third-order valence-electron chi connectivity index (χ3n) is 4.60. The van der Waals surface area contributed by atoms with Crippen LogP contribution in [0.1, 0.15) is 40.5 Å². The summed E-state index contributed by atoms with van der Waals surface area (Å²) in [6, 6.07) is 11.0. The molecule has 3 rings (SSSR count). The maximum atomic E-state index is 12.6. The van der Waals surface area contributed by atoms with Crippen molar-refractivity contribution in [2.75, 3.05) is 20.2 Å². The number of aromatic nitrogens is 1. The molecule has 0 N–H and O–H groups in total. The fraction of sp³-hybridized carbons (Fsp3) is 0.350. The second-order valence-corrected chi connectivity index (χ2v) is 6.32. The maximum absolute atomic E-state index is 12.6. The van der Waals surface area contributed by atoms with Crippen LogP contribution in [0, 0.1) is 0 Å². The van der Waals surface area contributed by atoms with Gasteiger partial charge >= 0.3 is 0 Å². The highest BCUT2D eigenvalue weighted by molar-refractivity contribution is 5.95. The summed E-state index contributed by atoms with van der Waals surface area (Å²) in [5.41, 5.74) is 2.95. The summed E-state index contributed by atoms with van der Waals surface area (Å²) in [6.45, 7) is 2.94. The Hall–Kier alpha value is -2.53. The van der Waals surface area contributed by atoms with E-state index in [4.69, 9.17) is 4.74 Å². The van der Waals surface area contributed by atoms with Gasteiger partial charge in [0.1, 0.15) is 0 Å². The number of methoxy groups -OCH3 is 1. The van der Waals surface area contributed by atoms with Crippen molar-refractivity contribution in [3.8, 4) is 11.3 Å². The molecule has 1 aliphatic rings. The molecule has 1 atom stereocenters. The summed E-state index contributed by atoms with van der Waals surface area (Å²) < 4.78 is 5.38. The quantitative estimate of drug-likeness (QED) is 0.803.